The van der Waals surface area contributed by atoms with Gasteiger partial charge < -0.3 is 25.2 Å². The zero-order chi connectivity index (χ0) is 24.6. The fourth-order valence-corrected chi connectivity index (χ4v) is 5.09. The molecule has 1 aliphatic rings. The Kier molecular flexibility index (Phi) is 7.48. The van der Waals surface area contributed by atoms with Crippen molar-refractivity contribution < 1.29 is 38.3 Å². The van der Waals surface area contributed by atoms with E-state index in [0.29, 0.717) is 15.5 Å². The van der Waals surface area contributed by atoms with Gasteiger partial charge in [-0.15, -0.1) is 5.10 Å². The Hall–Kier alpha value is -2.19. The van der Waals surface area contributed by atoms with Crippen molar-refractivity contribution in [1.29, 1.82) is 0 Å². The SMILES string of the molecule is OCc1ccc(Cl)cc1S[C@H]1OC(CO)[C@H](O)C(n2cc(-c3cc(F)c(F)c(F)c3)nn2)[C@@H]1O. The quantitative estimate of drug-likeness (QED) is 0.368. The van der Waals surface area contributed by atoms with Crippen molar-refractivity contribution in [2.45, 2.75) is 41.3 Å². The minimum atomic E-state index is -1.62. The third kappa shape index (κ3) is 4.80. The second-order valence-corrected chi connectivity index (χ2v) is 9.14. The van der Waals surface area contributed by atoms with Crippen LogP contribution in [-0.4, -0.2) is 65.8 Å². The summed E-state index contributed by atoms with van der Waals surface area (Å²) in [5, 5.41) is 49.1. The molecule has 0 spiro atoms. The predicted molar refractivity (Wildman–Crippen MR) is 115 cm³/mol. The third-order valence-corrected chi connectivity index (χ3v) is 6.88. The number of hydrogen-bond acceptors (Lipinski definition) is 8. The number of rotatable bonds is 6. The van der Waals surface area contributed by atoms with Gasteiger partial charge in [0.2, 0.25) is 0 Å². The second-order valence-electron chi connectivity index (χ2n) is 7.56. The molecule has 8 nitrogen and oxygen atoms in total. The molecule has 0 amide bonds. The van der Waals surface area contributed by atoms with Crippen LogP contribution >= 0.6 is 23.4 Å². The molecule has 0 saturated carbocycles. The van der Waals surface area contributed by atoms with Gasteiger partial charge in [0.25, 0.3) is 0 Å². The van der Waals surface area contributed by atoms with Crippen LogP contribution in [0, 0.1) is 17.5 Å². The van der Waals surface area contributed by atoms with Crippen LogP contribution in [0.2, 0.25) is 5.02 Å². The van der Waals surface area contributed by atoms with E-state index in [2.05, 4.69) is 10.3 Å². The summed E-state index contributed by atoms with van der Waals surface area (Å²) in [7, 11) is 0. The van der Waals surface area contributed by atoms with Crippen molar-refractivity contribution >= 4 is 23.4 Å². The van der Waals surface area contributed by atoms with Crippen LogP contribution in [0.5, 0.6) is 0 Å². The van der Waals surface area contributed by atoms with Gasteiger partial charge in [-0.2, -0.15) is 0 Å². The molecule has 0 radical (unpaired) electrons. The number of thioether (sulfide) groups is 1. The summed E-state index contributed by atoms with van der Waals surface area (Å²) in [6.45, 7) is -0.880. The lowest BCUT2D eigenvalue weighted by atomic mass is 9.97. The first-order chi connectivity index (χ1) is 16.2. The van der Waals surface area contributed by atoms with Crippen LogP contribution in [0.25, 0.3) is 11.3 Å². The second kappa shape index (κ2) is 10.2. The Bertz CT molecular complexity index is 1160. The molecule has 0 aliphatic carbocycles. The number of nitrogens with zero attached hydrogens (tertiary/aromatic N) is 3. The van der Waals surface area contributed by atoms with Crippen LogP contribution in [0.4, 0.5) is 13.2 Å². The highest BCUT2D eigenvalue weighted by molar-refractivity contribution is 7.99. The lowest BCUT2D eigenvalue weighted by molar-refractivity contribution is -0.178. The summed E-state index contributed by atoms with van der Waals surface area (Å²) >= 11 is 7.07. The van der Waals surface area contributed by atoms with Crippen LogP contribution in [-0.2, 0) is 11.3 Å². The molecule has 4 rings (SSSR count). The normalized spacial score (nSPS) is 25.0. The Balaban J connectivity index is 1.65. The summed E-state index contributed by atoms with van der Waals surface area (Å²) in [6, 6.07) is 5.10. The molecule has 2 heterocycles. The van der Waals surface area contributed by atoms with Crippen molar-refractivity contribution in [2.24, 2.45) is 0 Å². The molecule has 1 aliphatic heterocycles. The van der Waals surface area contributed by atoms with Gasteiger partial charge in [0, 0.05) is 15.5 Å². The lowest BCUT2D eigenvalue weighted by Crippen LogP contribution is -2.55. The maximum Gasteiger partial charge on any atom is 0.194 e. The smallest absolute Gasteiger partial charge is 0.194 e. The molecule has 4 N–H and O–H groups in total. The van der Waals surface area contributed by atoms with Crippen LogP contribution < -0.4 is 0 Å². The van der Waals surface area contributed by atoms with E-state index in [0.717, 1.165) is 28.6 Å². The molecule has 3 aromatic rings. The molecule has 0 bridgehead atoms. The van der Waals surface area contributed by atoms with E-state index in [9.17, 15) is 33.6 Å². The molecular formula is C21H19ClF3N3O5S. The monoisotopic (exact) mass is 517 g/mol. The van der Waals surface area contributed by atoms with Gasteiger partial charge in [-0.1, -0.05) is 34.6 Å². The van der Waals surface area contributed by atoms with E-state index in [-0.39, 0.29) is 17.9 Å². The summed E-state index contributed by atoms with van der Waals surface area (Å²) in [6.07, 6.45) is -2.71. The molecule has 13 heteroatoms. The largest absolute Gasteiger partial charge is 0.394 e. The minimum absolute atomic E-state index is 0.0362. The van der Waals surface area contributed by atoms with E-state index >= 15 is 0 Å². The van der Waals surface area contributed by atoms with Gasteiger partial charge in [0.05, 0.1) is 19.4 Å². The number of ether oxygens (including phenoxy) is 1. The average Bonchev–Trinajstić information content (AvgIpc) is 3.29. The number of halogens is 4. The van der Waals surface area contributed by atoms with Gasteiger partial charge in [0.1, 0.15) is 35.5 Å². The van der Waals surface area contributed by atoms with Gasteiger partial charge in [-0.3, -0.25) is 0 Å². The first kappa shape index (κ1) is 24.9. The standard InChI is InChI=1S/C21H19ClF3N3O5S/c22-11-2-1-9(7-29)16(5-11)34-21-20(32)18(19(31)15(8-30)33-21)28-6-14(26-27-28)10-3-12(23)17(25)13(24)4-10/h1-6,15,18-21,29-32H,7-8H2/t15?,18?,19-,20-,21+/m0/s1. The zero-order valence-electron chi connectivity index (χ0n) is 17.2. The Labute approximate surface area is 200 Å². The molecule has 2 aromatic carbocycles. The molecule has 34 heavy (non-hydrogen) atoms. The predicted octanol–water partition coefficient (Wildman–Crippen LogP) is 2.28. The van der Waals surface area contributed by atoms with E-state index in [1.165, 1.54) is 6.20 Å². The molecule has 1 saturated heterocycles. The van der Waals surface area contributed by atoms with Crippen LogP contribution in [0.15, 0.2) is 41.4 Å². The maximum atomic E-state index is 13.6. The fourth-order valence-electron chi connectivity index (χ4n) is 3.63. The maximum absolute atomic E-state index is 13.6. The average molecular weight is 518 g/mol. The number of benzene rings is 2. The first-order valence-corrected chi connectivity index (χ1v) is 11.2. The van der Waals surface area contributed by atoms with Crippen molar-refractivity contribution in [1.82, 2.24) is 15.0 Å². The molecule has 2 unspecified atom stereocenters. The Morgan fingerprint density at radius 2 is 1.76 bits per heavy atom. The number of hydrogen-bond donors (Lipinski definition) is 4. The van der Waals surface area contributed by atoms with E-state index < -0.39 is 53.8 Å². The topological polar surface area (TPSA) is 121 Å². The van der Waals surface area contributed by atoms with Crippen molar-refractivity contribution in [3.63, 3.8) is 0 Å². The minimum Gasteiger partial charge on any atom is -0.394 e. The first-order valence-electron chi connectivity index (χ1n) is 9.98. The number of aromatic nitrogens is 3. The summed E-state index contributed by atoms with van der Waals surface area (Å²) in [5.41, 5.74) is -0.639. The summed E-state index contributed by atoms with van der Waals surface area (Å²) in [5.74, 6) is -4.44. The van der Waals surface area contributed by atoms with Crippen molar-refractivity contribution in [3.8, 4) is 11.3 Å². The lowest BCUT2D eigenvalue weighted by Gasteiger charge is -2.41. The Morgan fingerprint density at radius 3 is 2.41 bits per heavy atom. The highest BCUT2D eigenvalue weighted by atomic mass is 35.5. The third-order valence-electron chi connectivity index (χ3n) is 5.39. The number of aliphatic hydroxyl groups is 4. The summed E-state index contributed by atoms with van der Waals surface area (Å²) < 4.78 is 47.3. The van der Waals surface area contributed by atoms with E-state index in [1.807, 2.05) is 0 Å². The van der Waals surface area contributed by atoms with Crippen molar-refractivity contribution in [3.05, 3.63) is 64.6 Å². The Morgan fingerprint density at radius 1 is 1.06 bits per heavy atom. The molecule has 5 atom stereocenters. The van der Waals surface area contributed by atoms with Gasteiger partial charge in [-0.05, 0) is 29.8 Å². The van der Waals surface area contributed by atoms with Gasteiger partial charge >= 0.3 is 0 Å². The van der Waals surface area contributed by atoms with Crippen molar-refractivity contribution in [2.75, 3.05) is 6.61 Å². The molecule has 1 aromatic heterocycles. The number of aliphatic hydroxyl groups excluding tert-OH is 4. The highest BCUT2D eigenvalue weighted by Crippen LogP contribution is 2.40. The highest BCUT2D eigenvalue weighted by Gasteiger charge is 2.46. The zero-order valence-corrected chi connectivity index (χ0v) is 18.8. The van der Waals surface area contributed by atoms with Crippen LogP contribution in [0.1, 0.15) is 11.6 Å². The summed E-state index contributed by atoms with van der Waals surface area (Å²) in [4.78, 5) is 0.516. The van der Waals surface area contributed by atoms with Gasteiger partial charge in [-0.25, -0.2) is 17.9 Å². The van der Waals surface area contributed by atoms with E-state index in [1.54, 1.807) is 18.2 Å². The van der Waals surface area contributed by atoms with Crippen LogP contribution in [0.3, 0.4) is 0 Å². The molecular weight excluding hydrogens is 499 g/mol. The van der Waals surface area contributed by atoms with E-state index in [4.69, 9.17) is 16.3 Å². The van der Waals surface area contributed by atoms with Gasteiger partial charge in [0.15, 0.2) is 17.5 Å². The molecule has 182 valence electrons. The fraction of sp³-hybridized carbons (Fsp3) is 0.333. The molecule has 1 fully saturated rings.